The van der Waals surface area contributed by atoms with Gasteiger partial charge in [0.2, 0.25) is 0 Å². The fraction of sp³-hybridized carbons (Fsp3) is 0.308. The van der Waals surface area contributed by atoms with Crippen LogP contribution in [0.1, 0.15) is 31.0 Å². The number of hydrogen-bond donors (Lipinski definition) is 1. The van der Waals surface area contributed by atoms with Gasteiger partial charge in [0, 0.05) is 11.1 Å². The molecule has 15 heavy (non-hydrogen) atoms. The van der Waals surface area contributed by atoms with E-state index in [4.69, 9.17) is 0 Å². The van der Waals surface area contributed by atoms with Crippen LogP contribution in [-0.2, 0) is 6.61 Å². The maximum Gasteiger partial charge on any atom is 0.0705 e. The zero-order valence-electron chi connectivity index (χ0n) is 9.07. The minimum Gasteiger partial charge on any atom is -0.392 e. The Bertz CT molecular complexity index is 477. The first kappa shape index (κ1) is 10.1. The van der Waals surface area contributed by atoms with Crippen molar-refractivity contribution in [2.45, 2.75) is 26.4 Å². The number of para-hydroxylation sites is 1. The lowest BCUT2D eigenvalue weighted by atomic mass is 10.0. The normalized spacial score (nSPS) is 11.2. The molecule has 0 amide bonds. The Morgan fingerprint density at radius 3 is 2.67 bits per heavy atom. The smallest absolute Gasteiger partial charge is 0.0705 e. The van der Waals surface area contributed by atoms with Crippen molar-refractivity contribution in [3.05, 3.63) is 41.6 Å². The Labute approximate surface area is 89.6 Å². The van der Waals surface area contributed by atoms with Gasteiger partial charge in [0.15, 0.2) is 0 Å². The second-order valence-electron chi connectivity index (χ2n) is 4.04. The zero-order chi connectivity index (χ0) is 10.8. The first-order valence-electron chi connectivity index (χ1n) is 5.22. The van der Waals surface area contributed by atoms with Gasteiger partial charge >= 0.3 is 0 Å². The summed E-state index contributed by atoms with van der Waals surface area (Å²) in [6, 6.07) is 10.0. The Morgan fingerprint density at radius 2 is 2.00 bits per heavy atom. The van der Waals surface area contributed by atoms with E-state index in [1.807, 2.05) is 30.3 Å². The first-order chi connectivity index (χ1) is 7.22. The summed E-state index contributed by atoms with van der Waals surface area (Å²) < 4.78 is 0. The lowest BCUT2D eigenvalue weighted by molar-refractivity contribution is 0.279. The van der Waals surface area contributed by atoms with E-state index in [1.165, 1.54) is 0 Å². The Kier molecular flexibility index (Phi) is 2.69. The van der Waals surface area contributed by atoms with E-state index in [2.05, 4.69) is 18.8 Å². The van der Waals surface area contributed by atoms with Crippen LogP contribution in [0.15, 0.2) is 30.3 Å². The van der Waals surface area contributed by atoms with Crippen molar-refractivity contribution < 1.29 is 5.11 Å². The van der Waals surface area contributed by atoms with Crippen molar-refractivity contribution in [1.82, 2.24) is 4.98 Å². The molecule has 0 saturated heterocycles. The number of benzene rings is 1. The number of hydrogen-bond acceptors (Lipinski definition) is 2. The highest BCUT2D eigenvalue weighted by Crippen LogP contribution is 2.22. The summed E-state index contributed by atoms with van der Waals surface area (Å²) in [5.41, 5.74) is 2.93. The number of pyridine rings is 1. The summed E-state index contributed by atoms with van der Waals surface area (Å²) >= 11 is 0. The molecule has 2 rings (SSSR count). The molecular formula is C13H15NO. The van der Waals surface area contributed by atoms with Crippen molar-refractivity contribution in [2.75, 3.05) is 0 Å². The number of fused-ring (bicyclic) bond motifs is 1. The summed E-state index contributed by atoms with van der Waals surface area (Å²) in [6.07, 6.45) is 0. The van der Waals surface area contributed by atoms with Gasteiger partial charge in [-0.1, -0.05) is 32.0 Å². The molecule has 2 nitrogen and oxygen atoms in total. The molecule has 1 heterocycles. The molecule has 0 atom stereocenters. The molecule has 0 radical (unpaired) electrons. The molecule has 1 aromatic heterocycles. The largest absolute Gasteiger partial charge is 0.392 e. The van der Waals surface area contributed by atoms with Crippen LogP contribution in [0.4, 0.5) is 0 Å². The van der Waals surface area contributed by atoms with Gasteiger partial charge in [-0.2, -0.15) is 0 Å². The molecule has 0 saturated carbocycles. The number of aromatic nitrogens is 1. The van der Waals surface area contributed by atoms with Crippen LogP contribution in [0, 0.1) is 0 Å². The van der Waals surface area contributed by atoms with E-state index in [0.29, 0.717) is 5.92 Å². The Hall–Kier alpha value is -1.41. The van der Waals surface area contributed by atoms with Crippen LogP contribution in [0.2, 0.25) is 0 Å². The molecule has 2 aromatic rings. The molecule has 0 aliphatic heterocycles. The van der Waals surface area contributed by atoms with E-state index in [-0.39, 0.29) is 6.61 Å². The Morgan fingerprint density at radius 1 is 1.27 bits per heavy atom. The predicted molar refractivity (Wildman–Crippen MR) is 61.8 cm³/mol. The van der Waals surface area contributed by atoms with Crippen LogP contribution >= 0.6 is 0 Å². The van der Waals surface area contributed by atoms with Gasteiger partial charge in [0.25, 0.3) is 0 Å². The number of aliphatic hydroxyl groups excluding tert-OH is 1. The van der Waals surface area contributed by atoms with E-state index < -0.39 is 0 Å². The summed E-state index contributed by atoms with van der Waals surface area (Å²) in [7, 11) is 0. The topological polar surface area (TPSA) is 33.1 Å². The molecular weight excluding hydrogens is 186 g/mol. The molecule has 0 spiro atoms. The molecule has 0 bridgehead atoms. The van der Waals surface area contributed by atoms with E-state index in [1.54, 1.807) is 0 Å². The molecule has 1 aromatic carbocycles. The molecule has 0 aliphatic rings. The monoisotopic (exact) mass is 201 g/mol. The average molecular weight is 201 g/mol. The second kappa shape index (κ2) is 3.99. The predicted octanol–water partition coefficient (Wildman–Crippen LogP) is 2.85. The van der Waals surface area contributed by atoms with Crippen molar-refractivity contribution in [3.63, 3.8) is 0 Å². The van der Waals surface area contributed by atoms with Crippen LogP contribution in [0.5, 0.6) is 0 Å². The number of rotatable bonds is 2. The van der Waals surface area contributed by atoms with Gasteiger partial charge in [-0.25, -0.2) is 0 Å². The molecule has 1 N–H and O–H groups in total. The van der Waals surface area contributed by atoms with Gasteiger partial charge in [0.05, 0.1) is 12.1 Å². The van der Waals surface area contributed by atoms with Gasteiger partial charge in [-0.05, 0) is 23.6 Å². The standard InChI is InChI=1S/C13H15NO/c1-9(2)13-11(8-15)7-10-5-3-4-6-12(10)14-13/h3-7,9,15H,8H2,1-2H3. The molecule has 0 aliphatic carbocycles. The van der Waals surface area contributed by atoms with Gasteiger partial charge in [-0.3, -0.25) is 4.98 Å². The summed E-state index contributed by atoms with van der Waals surface area (Å²) in [5, 5.41) is 10.4. The number of aliphatic hydroxyl groups is 1. The average Bonchev–Trinajstić information content (AvgIpc) is 2.27. The van der Waals surface area contributed by atoms with Crippen LogP contribution in [0.25, 0.3) is 10.9 Å². The molecule has 0 fully saturated rings. The highest BCUT2D eigenvalue weighted by atomic mass is 16.3. The third-order valence-corrected chi connectivity index (χ3v) is 2.55. The van der Waals surface area contributed by atoms with Crippen LogP contribution in [-0.4, -0.2) is 10.1 Å². The van der Waals surface area contributed by atoms with E-state index >= 15 is 0 Å². The molecule has 78 valence electrons. The minimum atomic E-state index is 0.0609. The summed E-state index contributed by atoms with van der Waals surface area (Å²) in [4.78, 5) is 4.59. The minimum absolute atomic E-state index is 0.0609. The van der Waals surface area contributed by atoms with Crippen LogP contribution < -0.4 is 0 Å². The highest BCUT2D eigenvalue weighted by Gasteiger charge is 2.08. The third kappa shape index (κ3) is 1.85. The van der Waals surface area contributed by atoms with Crippen molar-refractivity contribution >= 4 is 10.9 Å². The zero-order valence-corrected chi connectivity index (χ0v) is 9.07. The van der Waals surface area contributed by atoms with Crippen molar-refractivity contribution in [1.29, 1.82) is 0 Å². The lowest BCUT2D eigenvalue weighted by Gasteiger charge is -2.11. The van der Waals surface area contributed by atoms with E-state index in [0.717, 1.165) is 22.2 Å². The first-order valence-corrected chi connectivity index (χ1v) is 5.22. The SMILES string of the molecule is CC(C)c1nc2ccccc2cc1CO. The second-order valence-corrected chi connectivity index (χ2v) is 4.04. The van der Waals surface area contributed by atoms with Gasteiger partial charge in [0.1, 0.15) is 0 Å². The highest BCUT2D eigenvalue weighted by molar-refractivity contribution is 5.79. The maximum absolute atomic E-state index is 9.29. The fourth-order valence-corrected chi connectivity index (χ4v) is 1.80. The summed E-state index contributed by atoms with van der Waals surface area (Å²) in [5.74, 6) is 0.344. The van der Waals surface area contributed by atoms with Crippen LogP contribution in [0.3, 0.4) is 0 Å². The quantitative estimate of drug-likeness (QED) is 0.810. The number of nitrogens with zero attached hydrogens (tertiary/aromatic N) is 1. The van der Waals surface area contributed by atoms with Crippen molar-refractivity contribution in [3.8, 4) is 0 Å². The molecule has 2 heteroatoms. The van der Waals surface area contributed by atoms with Gasteiger partial charge in [-0.15, -0.1) is 0 Å². The Balaban J connectivity index is 2.69. The van der Waals surface area contributed by atoms with Crippen molar-refractivity contribution in [2.24, 2.45) is 0 Å². The van der Waals surface area contributed by atoms with E-state index in [9.17, 15) is 5.11 Å². The fourth-order valence-electron chi connectivity index (χ4n) is 1.80. The molecule has 0 unspecified atom stereocenters. The maximum atomic E-state index is 9.29. The van der Waals surface area contributed by atoms with Gasteiger partial charge < -0.3 is 5.11 Å². The summed E-state index contributed by atoms with van der Waals surface area (Å²) in [6.45, 7) is 4.25. The third-order valence-electron chi connectivity index (χ3n) is 2.55. The lowest BCUT2D eigenvalue weighted by Crippen LogP contribution is -2.00.